The van der Waals surface area contributed by atoms with E-state index >= 15 is 0 Å². The Morgan fingerprint density at radius 3 is 2.50 bits per heavy atom. The molecule has 92 valence electrons. The van der Waals surface area contributed by atoms with Crippen molar-refractivity contribution in [3.8, 4) is 0 Å². The third-order valence-corrected chi connectivity index (χ3v) is 5.50. The van der Waals surface area contributed by atoms with Crippen molar-refractivity contribution in [1.29, 1.82) is 0 Å². The van der Waals surface area contributed by atoms with Gasteiger partial charge in [0.05, 0.1) is 6.61 Å². The molecule has 6 heteroatoms. The highest BCUT2D eigenvalue weighted by Gasteiger charge is 2.24. The maximum atomic E-state index is 12.2. The lowest BCUT2D eigenvalue weighted by molar-refractivity contribution is 0.254. The largest absolute Gasteiger partial charge is 0.395 e. The van der Waals surface area contributed by atoms with Gasteiger partial charge in [-0.15, -0.1) is 11.3 Å². The van der Waals surface area contributed by atoms with Crippen molar-refractivity contribution in [2.45, 2.75) is 24.5 Å². The number of aliphatic hydroxyl groups excluding tert-OH is 1. The first kappa shape index (κ1) is 13.6. The minimum atomic E-state index is -3.41. The van der Waals surface area contributed by atoms with Crippen LogP contribution in [0.5, 0.6) is 0 Å². The molecule has 16 heavy (non-hydrogen) atoms. The van der Waals surface area contributed by atoms with E-state index in [0.29, 0.717) is 10.8 Å². The van der Waals surface area contributed by atoms with Crippen molar-refractivity contribution in [1.82, 2.24) is 4.31 Å². The summed E-state index contributed by atoms with van der Waals surface area (Å²) in [4.78, 5) is 0.971. The number of rotatable bonds is 6. The molecule has 0 spiro atoms. The smallest absolute Gasteiger partial charge is 0.252 e. The normalized spacial score (nSPS) is 12.2. The number of nitrogens with zero attached hydrogens (tertiary/aromatic N) is 1. The van der Waals surface area contributed by atoms with Gasteiger partial charge in [-0.25, -0.2) is 8.42 Å². The Morgan fingerprint density at radius 2 is 2.06 bits per heavy atom. The number of hydrogen-bond donors (Lipinski definition) is 1. The van der Waals surface area contributed by atoms with Crippen LogP contribution in [0.3, 0.4) is 0 Å². The van der Waals surface area contributed by atoms with Crippen molar-refractivity contribution in [3.05, 3.63) is 17.0 Å². The van der Waals surface area contributed by atoms with Gasteiger partial charge in [-0.3, -0.25) is 0 Å². The first-order valence-corrected chi connectivity index (χ1v) is 7.45. The van der Waals surface area contributed by atoms with Crippen LogP contribution >= 0.6 is 11.3 Å². The molecule has 1 heterocycles. The second-order valence-corrected chi connectivity index (χ2v) is 6.95. The molecule has 0 aromatic carbocycles. The molecule has 0 aliphatic rings. The number of aliphatic hydroxyl groups is 1. The molecule has 0 fully saturated rings. The van der Waals surface area contributed by atoms with Crippen molar-refractivity contribution in [3.63, 3.8) is 0 Å². The fourth-order valence-corrected chi connectivity index (χ4v) is 4.35. The van der Waals surface area contributed by atoms with Gasteiger partial charge in [-0.05, 0) is 25.5 Å². The first-order chi connectivity index (χ1) is 7.52. The standard InChI is InChI=1S/C10H17NO3S2/c1-3-6-11(7-8-12)16(13,14)10-5-4-9(2)15-10/h4-5,12H,3,6-8H2,1-2H3. The lowest BCUT2D eigenvalue weighted by atomic mass is 10.5. The van der Waals surface area contributed by atoms with Crippen molar-refractivity contribution >= 4 is 21.4 Å². The highest BCUT2D eigenvalue weighted by Crippen LogP contribution is 2.24. The van der Waals surface area contributed by atoms with Crippen LogP contribution in [0.15, 0.2) is 16.3 Å². The fourth-order valence-electron chi connectivity index (χ4n) is 1.39. The lowest BCUT2D eigenvalue weighted by Crippen LogP contribution is -2.33. The molecule has 0 unspecified atom stereocenters. The van der Waals surface area contributed by atoms with Gasteiger partial charge in [-0.1, -0.05) is 6.92 Å². The van der Waals surface area contributed by atoms with Gasteiger partial charge in [0, 0.05) is 18.0 Å². The minimum absolute atomic E-state index is 0.149. The van der Waals surface area contributed by atoms with Crippen LogP contribution in [0.4, 0.5) is 0 Å². The predicted octanol–water partition coefficient (Wildman–Crippen LogP) is 1.45. The molecule has 1 aromatic rings. The van der Waals surface area contributed by atoms with Crippen LogP contribution in [0.25, 0.3) is 0 Å². The van der Waals surface area contributed by atoms with Crippen molar-refractivity contribution < 1.29 is 13.5 Å². The molecular weight excluding hydrogens is 246 g/mol. The zero-order valence-corrected chi connectivity index (χ0v) is 11.1. The zero-order valence-electron chi connectivity index (χ0n) is 9.51. The van der Waals surface area contributed by atoms with Crippen LogP contribution in [0.1, 0.15) is 18.2 Å². The van der Waals surface area contributed by atoms with Crippen LogP contribution in [-0.2, 0) is 10.0 Å². The van der Waals surface area contributed by atoms with E-state index in [-0.39, 0.29) is 13.2 Å². The van der Waals surface area contributed by atoms with E-state index in [1.807, 2.05) is 13.8 Å². The molecule has 0 bridgehead atoms. The summed E-state index contributed by atoms with van der Waals surface area (Å²) in [6.45, 7) is 4.25. The van der Waals surface area contributed by atoms with Crippen LogP contribution in [-0.4, -0.2) is 37.5 Å². The maximum absolute atomic E-state index is 12.2. The Hall–Kier alpha value is -0.430. The van der Waals surface area contributed by atoms with Crippen LogP contribution < -0.4 is 0 Å². The monoisotopic (exact) mass is 263 g/mol. The van der Waals surface area contributed by atoms with E-state index in [1.54, 1.807) is 12.1 Å². The number of hydrogen-bond acceptors (Lipinski definition) is 4. The summed E-state index contributed by atoms with van der Waals surface area (Å²) in [6, 6.07) is 3.41. The molecule has 0 amide bonds. The van der Waals surface area contributed by atoms with Gasteiger partial charge in [-0.2, -0.15) is 4.31 Å². The van der Waals surface area contributed by atoms with E-state index in [9.17, 15) is 8.42 Å². The SMILES string of the molecule is CCCN(CCO)S(=O)(=O)c1ccc(C)s1. The Balaban J connectivity index is 2.97. The highest BCUT2D eigenvalue weighted by molar-refractivity contribution is 7.91. The molecule has 0 radical (unpaired) electrons. The van der Waals surface area contributed by atoms with Crippen LogP contribution in [0.2, 0.25) is 0 Å². The van der Waals surface area contributed by atoms with Gasteiger partial charge in [0.25, 0.3) is 10.0 Å². The van der Waals surface area contributed by atoms with Gasteiger partial charge in [0.1, 0.15) is 4.21 Å². The molecule has 1 aromatic heterocycles. The Morgan fingerprint density at radius 1 is 1.38 bits per heavy atom. The quantitative estimate of drug-likeness (QED) is 0.845. The summed E-state index contributed by atoms with van der Waals surface area (Å²) < 4.78 is 26.0. The van der Waals surface area contributed by atoms with Crippen molar-refractivity contribution in [2.24, 2.45) is 0 Å². The van der Waals surface area contributed by atoms with Gasteiger partial charge >= 0.3 is 0 Å². The molecular formula is C10H17NO3S2. The average Bonchev–Trinajstić information content (AvgIpc) is 2.65. The van der Waals surface area contributed by atoms with Gasteiger partial charge in [0.15, 0.2) is 0 Å². The Bertz CT molecular complexity index is 419. The molecule has 0 aliphatic heterocycles. The summed E-state index contributed by atoms with van der Waals surface area (Å²) in [7, 11) is -3.41. The minimum Gasteiger partial charge on any atom is -0.395 e. The molecule has 0 aliphatic carbocycles. The number of thiophene rings is 1. The van der Waals surface area contributed by atoms with E-state index in [1.165, 1.54) is 15.6 Å². The van der Waals surface area contributed by atoms with Gasteiger partial charge in [0.2, 0.25) is 0 Å². The third-order valence-electron chi connectivity index (χ3n) is 2.13. The third kappa shape index (κ3) is 3.04. The molecule has 0 saturated carbocycles. The lowest BCUT2D eigenvalue weighted by Gasteiger charge is -2.19. The molecule has 1 rings (SSSR count). The van der Waals surface area contributed by atoms with Gasteiger partial charge < -0.3 is 5.11 Å². The van der Waals surface area contributed by atoms with E-state index < -0.39 is 10.0 Å². The number of sulfonamides is 1. The number of aryl methyl sites for hydroxylation is 1. The van der Waals surface area contributed by atoms with E-state index in [0.717, 1.165) is 11.3 Å². The van der Waals surface area contributed by atoms with E-state index in [2.05, 4.69) is 0 Å². The summed E-state index contributed by atoms with van der Waals surface area (Å²) in [6.07, 6.45) is 0.740. The van der Waals surface area contributed by atoms with Crippen molar-refractivity contribution in [2.75, 3.05) is 19.7 Å². The average molecular weight is 263 g/mol. The molecule has 1 N–H and O–H groups in total. The summed E-state index contributed by atoms with van der Waals surface area (Å²) in [5.74, 6) is 0. The zero-order chi connectivity index (χ0) is 12.2. The summed E-state index contributed by atoms with van der Waals surface area (Å²) in [5.41, 5.74) is 0. The second-order valence-electron chi connectivity index (χ2n) is 3.49. The van der Waals surface area contributed by atoms with E-state index in [4.69, 9.17) is 5.11 Å². The van der Waals surface area contributed by atoms with Crippen LogP contribution in [0, 0.1) is 6.92 Å². The summed E-state index contributed by atoms with van der Waals surface area (Å²) >= 11 is 1.26. The Labute approximate surface area is 101 Å². The molecule has 4 nitrogen and oxygen atoms in total. The highest BCUT2D eigenvalue weighted by atomic mass is 32.2. The second kappa shape index (κ2) is 5.77. The first-order valence-electron chi connectivity index (χ1n) is 5.19. The maximum Gasteiger partial charge on any atom is 0.252 e. The molecule has 0 atom stereocenters. The Kier molecular flexibility index (Phi) is 4.91. The molecule has 0 saturated heterocycles. The topological polar surface area (TPSA) is 57.6 Å². The predicted molar refractivity (Wildman–Crippen MR) is 65.2 cm³/mol. The fraction of sp³-hybridized carbons (Fsp3) is 0.600. The summed E-state index contributed by atoms with van der Waals surface area (Å²) in [5, 5.41) is 8.88.